The number of carbonyl (C=O) groups is 1. The normalized spacial score (nSPS) is 12.1. The number of aromatic amines is 1. The smallest absolute Gasteiger partial charge is 0.237 e. The molecule has 21 heavy (non-hydrogen) atoms. The van der Waals surface area contributed by atoms with Crippen LogP contribution in [-0.2, 0) is 11.2 Å². The van der Waals surface area contributed by atoms with E-state index in [1.165, 1.54) is 11.8 Å². The third kappa shape index (κ3) is 4.60. The fraction of sp³-hybridized carbons (Fsp3) is 0.400. The highest BCUT2D eigenvalue weighted by atomic mass is 32.2. The summed E-state index contributed by atoms with van der Waals surface area (Å²) in [5.41, 5.74) is 1.93. The van der Waals surface area contributed by atoms with E-state index < -0.39 is 0 Å². The van der Waals surface area contributed by atoms with Gasteiger partial charge in [-0.05, 0) is 38.0 Å². The molecule has 2 aromatic rings. The molecule has 2 rings (SSSR count). The van der Waals surface area contributed by atoms with Crippen LogP contribution in [0.25, 0.3) is 0 Å². The molecule has 1 unspecified atom stereocenters. The maximum Gasteiger partial charge on any atom is 0.237 e. The number of hydrogen-bond acceptors (Lipinski definition) is 4. The lowest BCUT2D eigenvalue weighted by Crippen LogP contribution is -2.22. The first-order chi connectivity index (χ1) is 10.1. The zero-order valence-electron chi connectivity index (χ0n) is 12.5. The van der Waals surface area contributed by atoms with Gasteiger partial charge in [-0.1, -0.05) is 30.8 Å². The van der Waals surface area contributed by atoms with E-state index in [0.717, 1.165) is 29.9 Å². The molecule has 0 bridgehead atoms. The van der Waals surface area contributed by atoms with Crippen LogP contribution >= 0.6 is 11.8 Å². The van der Waals surface area contributed by atoms with Crippen LogP contribution in [0.3, 0.4) is 0 Å². The molecule has 2 N–H and O–H groups in total. The van der Waals surface area contributed by atoms with Crippen molar-refractivity contribution in [2.45, 2.75) is 44.0 Å². The summed E-state index contributed by atoms with van der Waals surface area (Å²) in [6, 6.07) is 7.75. The van der Waals surface area contributed by atoms with E-state index in [0.29, 0.717) is 5.16 Å². The Morgan fingerprint density at radius 3 is 3.00 bits per heavy atom. The molecule has 0 aliphatic carbocycles. The Balaban J connectivity index is 1.92. The Morgan fingerprint density at radius 2 is 2.29 bits per heavy atom. The number of thioether (sulfide) groups is 1. The summed E-state index contributed by atoms with van der Waals surface area (Å²) >= 11 is 1.36. The van der Waals surface area contributed by atoms with Gasteiger partial charge in [-0.15, -0.1) is 5.10 Å². The second-order valence-corrected chi connectivity index (χ2v) is 6.24. The average Bonchev–Trinajstić information content (AvgIpc) is 2.86. The van der Waals surface area contributed by atoms with Crippen molar-refractivity contribution in [1.29, 1.82) is 0 Å². The van der Waals surface area contributed by atoms with Crippen LogP contribution in [0.5, 0.6) is 0 Å². The van der Waals surface area contributed by atoms with Crippen molar-refractivity contribution in [2.24, 2.45) is 0 Å². The van der Waals surface area contributed by atoms with E-state index in [1.807, 2.05) is 38.1 Å². The molecule has 1 heterocycles. The molecule has 112 valence electrons. The third-order valence-corrected chi connectivity index (χ3v) is 3.90. The van der Waals surface area contributed by atoms with E-state index in [-0.39, 0.29) is 11.2 Å². The Morgan fingerprint density at radius 1 is 1.48 bits per heavy atom. The van der Waals surface area contributed by atoms with Crippen molar-refractivity contribution in [3.63, 3.8) is 0 Å². The van der Waals surface area contributed by atoms with E-state index in [2.05, 4.69) is 27.4 Å². The van der Waals surface area contributed by atoms with E-state index >= 15 is 0 Å². The lowest BCUT2D eigenvalue weighted by Gasteiger charge is -2.10. The van der Waals surface area contributed by atoms with Crippen molar-refractivity contribution in [2.75, 3.05) is 5.32 Å². The number of benzene rings is 1. The number of aryl methyl sites for hydroxylation is 2. The van der Waals surface area contributed by atoms with Gasteiger partial charge in [0, 0.05) is 12.1 Å². The highest BCUT2D eigenvalue weighted by Gasteiger charge is 2.17. The van der Waals surface area contributed by atoms with Gasteiger partial charge in [0.15, 0.2) is 0 Å². The SMILES string of the molecule is CCCc1nc(SC(C)C(=O)Nc2cccc(C)c2)n[nH]1. The van der Waals surface area contributed by atoms with Crippen LogP contribution in [0.2, 0.25) is 0 Å². The van der Waals surface area contributed by atoms with Gasteiger partial charge in [0.2, 0.25) is 11.1 Å². The maximum atomic E-state index is 12.2. The molecule has 0 aliphatic rings. The Bertz CT molecular complexity index is 611. The van der Waals surface area contributed by atoms with Gasteiger partial charge in [0.05, 0.1) is 5.25 Å². The third-order valence-electron chi connectivity index (χ3n) is 2.94. The van der Waals surface area contributed by atoms with Crippen molar-refractivity contribution in [1.82, 2.24) is 15.2 Å². The second kappa shape index (κ2) is 7.26. The largest absolute Gasteiger partial charge is 0.325 e. The summed E-state index contributed by atoms with van der Waals surface area (Å²) in [6.45, 7) is 5.94. The highest BCUT2D eigenvalue weighted by molar-refractivity contribution is 8.00. The van der Waals surface area contributed by atoms with E-state index in [9.17, 15) is 4.79 Å². The highest BCUT2D eigenvalue weighted by Crippen LogP contribution is 2.21. The minimum Gasteiger partial charge on any atom is -0.325 e. The molecule has 1 amide bonds. The first-order valence-electron chi connectivity index (χ1n) is 7.04. The van der Waals surface area contributed by atoms with Crippen LogP contribution < -0.4 is 5.32 Å². The van der Waals surface area contributed by atoms with Crippen LogP contribution in [0.15, 0.2) is 29.4 Å². The molecule has 0 aliphatic heterocycles. The van der Waals surface area contributed by atoms with Gasteiger partial charge in [-0.2, -0.15) is 0 Å². The fourth-order valence-corrected chi connectivity index (χ4v) is 2.60. The van der Waals surface area contributed by atoms with Gasteiger partial charge in [-0.3, -0.25) is 9.89 Å². The molecule has 1 atom stereocenters. The lowest BCUT2D eigenvalue weighted by atomic mass is 10.2. The molecule has 6 heteroatoms. The van der Waals surface area contributed by atoms with Crippen molar-refractivity contribution < 1.29 is 4.79 Å². The minimum absolute atomic E-state index is 0.0487. The monoisotopic (exact) mass is 304 g/mol. The van der Waals surface area contributed by atoms with Crippen molar-refractivity contribution in [3.05, 3.63) is 35.7 Å². The van der Waals surface area contributed by atoms with Crippen LogP contribution in [0.4, 0.5) is 5.69 Å². The maximum absolute atomic E-state index is 12.2. The minimum atomic E-state index is -0.254. The number of amides is 1. The molecule has 0 spiro atoms. The fourth-order valence-electron chi connectivity index (χ4n) is 1.86. The summed E-state index contributed by atoms with van der Waals surface area (Å²) in [5.74, 6) is 0.818. The number of nitrogens with one attached hydrogen (secondary N) is 2. The number of anilines is 1. The summed E-state index contributed by atoms with van der Waals surface area (Å²) in [5, 5.41) is 10.3. The zero-order chi connectivity index (χ0) is 15.2. The van der Waals surface area contributed by atoms with Crippen molar-refractivity contribution in [3.8, 4) is 0 Å². The number of H-pyrrole nitrogens is 1. The number of nitrogens with zero attached hydrogens (tertiary/aromatic N) is 2. The Labute approximate surface area is 128 Å². The predicted octanol–water partition coefficient (Wildman–Crippen LogP) is 3.18. The van der Waals surface area contributed by atoms with Crippen LogP contribution in [0, 0.1) is 6.92 Å². The molecule has 5 nitrogen and oxygen atoms in total. The zero-order valence-corrected chi connectivity index (χ0v) is 13.3. The number of hydrogen-bond donors (Lipinski definition) is 2. The summed E-state index contributed by atoms with van der Waals surface area (Å²) in [4.78, 5) is 16.5. The van der Waals surface area contributed by atoms with Gasteiger partial charge in [0.25, 0.3) is 0 Å². The summed E-state index contributed by atoms with van der Waals surface area (Å²) in [6.07, 6.45) is 1.89. The molecule has 1 aromatic heterocycles. The standard InChI is InChI=1S/C15H20N4OS/c1-4-6-13-17-15(19-18-13)21-11(3)14(20)16-12-8-5-7-10(2)9-12/h5,7-9,11H,4,6H2,1-3H3,(H,16,20)(H,17,18,19). The number of rotatable bonds is 6. The van der Waals surface area contributed by atoms with Crippen molar-refractivity contribution >= 4 is 23.4 Å². The Kier molecular flexibility index (Phi) is 5.38. The van der Waals surface area contributed by atoms with Gasteiger partial charge >= 0.3 is 0 Å². The quantitative estimate of drug-likeness (QED) is 0.804. The summed E-state index contributed by atoms with van der Waals surface area (Å²) < 4.78 is 0. The van der Waals surface area contributed by atoms with Crippen LogP contribution in [0.1, 0.15) is 31.7 Å². The number of aromatic nitrogens is 3. The van der Waals surface area contributed by atoms with Crippen LogP contribution in [-0.4, -0.2) is 26.3 Å². The number of carbonyl (C=O) groups excluding carboxylic acids is 1. The molecule has 1 aromatic carbocycles. The lowest BCUT2D eigenvalue weighted by molar-refractivity contribution is -0.115. The Hall–Kier alpha value is -1.82. The van der Waals surface area contributed by atoms with E-state index in [4.69, 9.17) is 0 Å². The second-order valence-electron chi connectivity index (χ2n) is 4.93. The first kappa shape index (κ1) is 15.6. The molecule has 0 fully saturated rings. The van der Waals surface area contributed by atoms with Gasteiger partial charge in [0.1, 0.15) is 5.82 Å². The van der Waals surface area contributed by atoms with Gasteiger partial charge < -0.3 is 5.32 Å². The predicted molar refractivity (Wildman–Crippen MR) is 85.5 cm³/mol. The topological polar surface area (TPSA) is 70.7 Å². The summed E-state index contributed by atoms with van der Waals surface area (Å²) in [7, 11) is 0. The van der Waals surface area contributed by atoms with E-state index in [1.54, 1.807) is 0 Å². The molecular formula is C15H20N4OS. The molecule has 0 radical (unpaired) electrons. The van der Waals surface area contributed by atoms with Gasteiger partial charge in [-0.25, -0.2) is 4.98 Å². The molecule has 0 saturated heterocycles. The molecule has 0 saturated carbocycles. The molecular weight excluding hydrogens is 284 g/mol. The first-order valence-corrected chi connectivity index (χ1v) is 7.92. The average molecular weight is 304 g/mol.